The van der Waals surface area contributed by atoms with Crippen LogP contribution in [0.3, 0.4) is 0 Å². The van der Waals surface area contributed by atoms with Crippen molar-refractivity contribution < 1.29 is 10.2 Å². The lowest BCUT2D eigenvalue weighted by Gasteiger charge is -2.45. The van der Waals surface area contributed by atoms with Crippen LogP contribution in [0, 0.1) is 29.1 Å². The van der Waals surface area contributed by atoms with Gasteiger partial charge in [0, 0.05) is 12.3 Å². The molecule has 0 radical (unpaired) electrons. The molecule has 3 rings (SSSR count). The van der Waals surface area contributed by atoms with Gasteiger partial charge in [-0.1, -0.05) is 27.2 Å². The van der Waals surface area contributed by atoms with Crippen molar-refractivity contribution in [2.75, 3.05) is 6.54 Å². The van der Waals surface area contributed by atoms with Crippen molar-refractivity contribution in [2.45, 2.75) is 104 Å². The number of hydrogen-bond donors (Lipinski definition) is 2. The zero-order chi connectivity index (χ0) is 18.7. The van der Waals surface area contributed by atoms with Crippen LogP contribution in [-0.2, 0) is 0 Å². The molecule has 1 aliphatic heterocycles. The SMILES string of the molecule is CC1C(O)CCC(C)(C)C1CCC(O)CCC1CN=C2CCCCC2C1. The molecule has 0 aromatic heterocycles. The summed E-state index contributed by atoms with van der Waals surface area (Å²) in [4.78, 5) is 4.87. The minimum atomic E-state index is -0.186. The van der Waals surface area contributed by atoms with Crippen LogP contribution in [0.25, 0.3) is 0 Å². The predicted octanol–water partition coefficient (Wildman–Crippen LogP) is 4.99. The minimum Gasteiger partial charge on any atom is -0.393 e. The Hall–Kier alpha value is -0.410. The van der Waals surface area contributed by atoms with Gasteiger partial charge in [-0.05, 0) is 93.3 Å². The third-order valence-electron chi connectivity index (χ3n) is 7.93. The van der Waals surface area contributed by atoms with Gasteiger partial charge in [-0.15, -0.1) is 0 Å². The van der Waals surface area contributed by atoms with Gasteiger partial charge in [0.25, 0.3) is 0 Å². The number of aliphatic imine (C=N–C) groups is 1. The predicted molar refractivity (Wildman–Crippen MR) is 109 cm³/mol. The summed E-state index contributed by atoms with van der Waals surface area (Å²) in [5, 5.41) is 20.8. The summed E-state index contributed by atoms with van der Waals surface area (Å²) < 4.78 is 0. The maximum absolute atomic E-state index is 10.6. The van der Waals surface area contributed by atoms with Crippen LogP contribution in [0.4, 0.5) is 0 Å². The highest BCUT2D eigenvalue weighted by Gasteiger charge is 2.40. The summed E-state index contributed by atoms with van der Waals surface area (Å²) in [6, 6.07) is 0. The quantitative estimate of drug-likeness (QED) is 0.698. The van der Waals surface area contributed by atoms with E-state index in [1.165, 1.54) is 37.8 Å². The van der Waals surface area contributed by atoms with Gasteiger partial charge in [-0.2, -0.15) is 0 Å². The largest absolute Gasteiger partial charge is 0.393 e. The third-order valence-corrected chi connectivity index (χ3v) is 7.93. The van der Waals surface area contributed by atoms with E-state index in [9.17, 15) is 10.2 Å². The van der Waals surface area contributed by atoms with Crippen LogP contribution in [-0.4, -0.2) is 34.7 Å². The van der Waals surface area contributed by atoms with E-state index in [0.29, 0.717) is 17.8 Å². The average Bonchev–Trinajstić information content (AvgIpc) is 2.63. The molecule has 3 aliphatic rings. The van der Waals surface area contributed by atoms with Gasteiger partial charge in [0.1, 0.15) is 0 Å². The van der Waals surface area contributed by atoms with E-state index in [1.54, 1.807) is 0 Å². The van der Waals surface area contributed by atoms with Crippen LogP contribution in [0.2, 0.25) is 0 Å². The topological polar surface area (TPSA) is 52.8 Å². The molecule has 0 spiro atoms. The molecular formula is C23H41NO2. The van der Waals surface area contributed by atoms with Crippen molar-refractivity contribution >= 4 is 5.71 Å². The van der Waals surface area contributed by atoms with Gasteiger partial charge >= 0.3 is 0 Å². The first-order valence-corrected chi connectivity index (χ1v) is 11.3. The Bertz CT molecular complexity index is 487. The van der Waals surface area contributed by atoms with Crippen molar-refractivity contribution in [3.05, 3.63) is 0 Å². The molecule has 6 atom stereocenters. The number of hydrogen-bond acceptors (Lipinski definition) is 3. The summed E-state index contributed by atoms with van der Waals surface area (Å²) in [6.07, 6.45) is 12.3. The van der Waals surface area contributed by atoms with E-state index in [2.05, 4.69) is 20.8 Å². The van der Waals surface area contributed by atoms with Crippen molar-refractivity contribution in [2.24, 2.45) is 34.1 Å². The Morgan fingerprint density at radius 3 is 2.73 bits per heavy atom. The number of rotatable bonds is 6. The highest BCUT2D eigenvalue weighted by Crippen LogP contribution is 2.46. The normalized spacial score (nSPS) is 38.3. The van der Waals surface area contributed by atoms with Gasteiger partial charge in [0.2, 0.25) is 0 Å². The summed E-state index contributed by atoms with van der Waals surface area (Å²) in [6.45, 7) is 7.88. The van der Waals surface area contributed by atoms with Crippen LogP contribution >= 0.6 is 0 Å². The Labute approximate surface area is 160 Å². The molecule has 6 unspecified atom stereocenters. The fraction of sp³-hybridized carbons (Fsp3) is 0.957. The van der Waals surface area contributed by atoms with Gasteiger partial charge in [-0.25, -0.2) is 0 Å². The van der Waals surface area contributed by atoms with Crippen LogP contribution in [0.15, 0.2) is 4.99 Å². The monoisotopic (exact) mass is 363 g/mol. The number of aliphatic hydroxyl groups excluding tert-OH is 2. The van der Waals surface area contributed by atoms with Crippen LogP contribution in [0.5, 0.6) is 0 Å². The lowest BCUT2D eigenvalue weighted by atomic mass is 9.61. The van der Waals surface area contributed by atoms with Crippen molar-refractivity contribution in [1.82, 2.24) is 0 Å². The summed E-state index contributed by atoms with van der Waals surface area (Å²) >= 11 is 0. The molecule has 0 saturated heterocycles. The molecule has 0 aromatic rings. The average molecular weight is 364 g/mol. The maximum Gasteiger partial charge on any atom is 0.0568 e. The van der Waals surface area contributed by atoms with Gasteiger partial charge in [0.15, 0.2) is 0 Å². The Morgan fingerprint density at radius 2 is 1.92 bits per heavy atom. The zero-order valence-corrected chi connectivity index (χ0v) is 17.3. The Morgan fingerprint density at radius 1 is 1.15 bits per heavy atom. The molecule has 0 amide bonds. The molecule has 2 saturated carbocycles. The second-order valence-electron chi connectivity index (χ2n) is 10.2. The highest BCUT2D eigenvalue weighted by molar-refractivity contribution is 5.87. The molecule has 3 nitrogen and oxygen atoms in total. The molecule has 0 aromatic carbocycles. The second-order valence-corrected chi connectivity index (χ2v) is 10.2. The van der Waals surface area contributed by atoms with Gasteiger partial charge < -0.3 is 10.2 Å². The first-order chi connectivity index (χ1) is 12.4. The maximum atomic E-state index is 10.6. The van der Waals surface area contributed by atoms with E-state index < -0.39 is 0 Å². The van der Waals surface area contributed by atoms with E-state index in [-0.39, 0.29) is 17.6 Å². The minimum absolute atomic E-state index is 0.157. The van der Waals surface area contributed by atoms with E-state index in [0.717, 1.165) is 51.0 Å². The lowest BCUT2D eigenvalue weighted by Crippen LogP contribution is -2.41. The van der Waals surface area contributed by atoms with E-state index in [4.69, 9.17) is 4.99 Å². The molecule has 3 heteroatoms. The zero-order valence-electron chi connectivity index (χ0n) is 17.3. The van der Waals surface area contributed by atoms with Crippen molar-refractivity contribution in [3.63, 3.8) is 0 Å². The van der Waals surface area contributed by atoms with Crippen LogP contribution in [0.1, 0.15) is 91.4 Å². The molecule has 150 valence electrons. The summed E-state index contributed by atoms with van der Waals surface area (Å²) in [7, 11) is 0. The Balaban J connectivity index is 1.41. The molecule has 2 aliphatic carbocycles. The molecular weight excluding hydrogens is 322 g/mol. The van der Waals surface area contributed by atoms with Gasteiger partial charge in [0.05, 0.1) is 12.2 Å². The molecule has 1 heterocycles. The van der Waals surface area contributed by atoms with Crippen LogP contribution < -0.4 is 0 Å². The first kappa shape index (κ1) is 20.3. The standard InChI is InChI=1S/C23H41NO2/c1-16-20(23(2,3)13-12-22(16)26)11-10-19(25)9-8-17-14-18-6-4-5-7-21(18)24-15-17/h16-20,22,25-26H,4-15H2,1-3H3. The summed E-state index contributed by atoms with van der Waals surface area (Å²) in [5.41, 5.74) is 1.79. The first-order valence-electron chi connectivity index (χ1n) is 11.3. The molecule has 2 fully saturated rings. The van der Waals surface area contributed by atoms with E-state index in [1.807, 2.05) is 0 Å². The fourth-order valence-electron chi connectivity index (χ4n) is 6.01. The number of fused-ring (bicyclic) bond motifs is 1. The van der Waals surface area contributed by atoms with E-state index >= 15 is 0 Å². The number of nitrogens with zero attached hydrogens (tertiary/aromatic N) is 1. The molecule has 26 heavy (non-hydrogen) atoms. The fourth-order valence-corrected chi connectivity index (χ4v) is 6.01. The highest BCUT2D eigenvalue weighted by atomic mass is 16.3. The van der Waals surface area contributed by atoms with Gasteiger partial charge in [-0.3, -0.25) is 4.99 Å². The van der Waals surface area contributed by atoms with Crippen molar-refractivity contribution in [3.8, 4) is 0 Å². The Kier molecular flexibility index (Phi) is 6.83. The second kappa shape index (κ2) is 8.73. The van der Waals surface area contributed by atoms with Crippen molar-refractivity contribution in [1.29, 1.82) is 0 Å². The smallest absolute Gasteiger partial charge is 0.0568 e. The molecule has 0 bridgehead atoms. The third kappa shape index (κ3) is 4.90. The lowest BCUT2D eigenvalue weighted by molar-refractivity contribution is -0.0338. The molecule has 2 N–H and O–H groups in total. The summed E-state index contributed by atoms with van der Waals surface area (Å²) in [5.74, 6) is 2.31. The number of aliphatic hydroxyl groups is 2.